The van der Waals surface area contributed by atoms with Crippen LogP contribution in [0.25, 0.3) is 0 Å². The van der Waals surface area contributed by atoms with Gasteiger partial charge in [-0.3, -0.25) is 4.79 Å². The van der Waals surface area contributed by atoms with Crippen LogP contribution in [-0.4, -0.2) is 193 Å². The van der Waals surface area contributed by atoms with Crippen molar-refractivity contribution in [2.45, 2.75) is 375 Å². The average molecular weight is 1190 g/mol. The molecule has 83 heavy (non-hydrogen) atoms. The fourth-order valence-corrected chi connectivity index (χ4v) is 11.9. The van der Waals surface area contributed by atoms with Gasteiger partial charge in [0.05, 0.1) is 38.6 Å². The monoisotopic (exact) mass is 1190 g/mol. The molecule has 17 unspecified atom stereocenters. The standard InChI is InChI=1S/C64H123NO18/c1-3-5-7-9-11-13-15-17-19-21-23-24-26-28-30-32-34-36-38-40-42-52(70)65-47(48(69)41-39-37-35-33-31-29-27-25-22-20-18-16-14-12-10-8-6-4-2)46-78-62-58(76)55(73)60(50(44-67)80-62)83-64-59(77)56(74)61(51(45-68)81-64)82-63-57(75)54(72)53(71)49(43-66)79-63/h47-51,53-64,66-69,71-77H,3-46H2,1-2H3,(H,65,70). The van der Waals surface area contributed by atoms with Gasteiger partial charge in [-0.15, -0.1) is 0 Å². The molecule has 3 fully saturated rings. The molecule has 0 spiro atoms. The molecule has 12 N–H and O–H groups in total. The van der Waals surface area contributed by atoms with Crippen LogP contribution in [0.15, 0.2) is 0 Å². The van der Waals surface area contributed by atoms with Gasteiger partial charge in [-0.25, -0.2) is 0 Å². The van der Waals surface area contributed by atoms with E-state index >= 15 is 0 Å². The predicted octanol–water partition coefficient (Wildman–Crippen LogP) is 7.94. The minimum absolute atomic E-state index is 0.236. The summed E-state index contributed by atoms with van der Waals surface area (Å²) in [6.45, 7) is 1.84. The van der Waals surface area contributed by atoms with Crippen molar-refractivity contribution in [1.82, 2.24) is 5.32 Å². The molecule has 0 aliphatic carbocycles. The Balaban J connectivity index is 1.45. The van der Waals surface area contributed by atoms with Crippen LogP contribution >= 0.6 is 0 Å². The molecular formula is C64H123NO18. The number of carbonyl (C=O) groups excluding carboxylic acids is 1. The van der Waals surface area contributed by atoms with Gasteiger partial charge in [0.2, 0.25) is 5.91 Å². The Bertz CT molecular complexity index is 1520. The Morgan fingerprint density at radius 1 is 0.386 bits per heavy atom. The van der Waals surface area contributed by atoms with Gasteiger partial charge in [0, 0.05) is 6.42 Å². The number of carbonyl (C=O) groups is 1. The maximum Gasteiger partial charge on any atom is 0.220 e. The minimum atomic E-state index is -1.97. The molecule has 3 saturated heterocycles. The maximum absolute atomic E-state index is 13.4. The molecule has 19 heteroatoms. The Hall–Kier alpha value is -1.21. The number of hydrogen-bond donors (Lipinski definition) is 12. The summed E-state index contributed by atoms with van der Waals surface area (Å²) in [5, 5.41) is 121. The molecule has 3 rings (SSSR count). The van der Waals surface area contributed by atoms with Crippen molar-refractivity contribution in [2.24, 2.45) is 0 Å². The lowest BCUT2D eigenvalue weighted by Crippen LogP contribution is -2.66. The number of aliphatic hydroxyl groups excluding tert-OH is 11. The van der Waals surface area contributed by atoms with E-state index < -0.39 is 124 Å². The lowest BCUT2D eigenvalue weighted by molar-refractivity contribution is -0.379. The molecule has 1 amide bonds. The Morgan fingerprint density at radius 2 is 0.687 bits per heavy atom. The number of rotatable bonds is 52. The van der Waals surface area contributed by atoms with E-state index in [-0.39, 0.29) is 18.9 Å². The highest BCUT2D eigenvalue weighted by atomic mass is 16.8. The normalized spacial score (nSPS) is 29.3. The van der Waals surface area contributed by atoms with Gasteiger partial charge in [0.1, 0.15) is 73.2 Å². The van der Waals surface area contributed by atoms with E-state index in [0.29, 0.717) is 12.8 Å². The van der Waals surface area contributed by atoms with Crippen LogP contribution in [0.1, 0.15) is 271 Å². The highest BCUT2D eigenvalue weighted by Crippen LogP contribution is 2.33. The highest BCUT2D eigenvalue weighted by Gasteiger charge is 2.53. The summed E-state index contributed by atoms with van der Waals surface area (Å²) in [4.78, 5) is 13.4. The van der Waals surface area contributed by atoms with Crippen molar-refractivity contribution in [3.63, 3.8) is 0 Å². The molecule has 0 aromatic heterocycles. The number of aliphatic hydroxyl groups is 11. The van der Waals surface area contributed by atoms with Gasteiger partial charge in [-0.1, -0.05) is 251 Å². The predicted molar refractivity (Wildman–Crippen MR) is 319 cm³/mol. The minimum Gasteiger partial charge on any atom is -0.394 e. The zero-order valence-corrected chi connectivity index (χ0v) is 51.7. The first-order valence-corrected chi connectivity index (χ1v) is 33.8. The second-order valence-electron chi connectivity index (χ2n) is 24.7. The van der Waals surface area contributed by atoms with Gasteiger partial charge < -0.3 is 89.9 Å². The molecular weight excluding hydrogens is 1070 g/mol. The van der Waals surface area contributed by atoms with Gasteiger partial charge in [-0.05, 0) is 12.8 Å². The second-order valence-corrected chi connectivity index (χ2v) is 24.7. The summed E-state index contributed by atoms with van der Waals surface area (Å²) >= 11 is 0. The lowest BCUT2D eigenvalue weighted by Gasteiger charge is -2.48. The van der Waals surface area contributed by atoms with Crippen molar-refractivity contribution < 1.29 is 89.4 Å². The fourth-order valence-electron chi connectivity index (χ4n) is 11.9. The third-order valence-corrected chi connectivity index (χ3v) is 17.4. The quantitative estimate of drug-likeness (QED) is 0.0257. The molecule has 0 saturated carbocycles. The van der Waals surface area contributed by atoms with Crippen LogP contribution in [0, 0.1) is 0 Å². The summed E-state index contributed by atoms with van der Waals surface area (Å²) in [6.07, 6.45) is 21.7. The van der Waals surface area contributed by atoms with Gasteiger partial charge in [0.25, 0.3) is 0 Å². The average Bonchev–Trinajstić information content (AvgIpc) is 3.36. The van der Waals surface area contributed by atoms with Crippen molar-refractivity contribution in [2.75, 3.05) is 26.4 Å². The smallest absolute Gasteiger partial charge is 0.220 e. The SMILES string of the molecule is CCCCCCCCCCCCCCCCCCCCCCC(=O)NC(COC1OC(CO)C(OC2OC(CO)C(OC3OC(CO)C(O)C(O)C3O)C(O)C2O)C(O)C1O)C(O)CCCCCCCCCCCCCCCCCCCC. The fraction of sp³-hybridized carbons (Fsp3) is 0.984. The molecule has 0 aromatic carbocycles. The molecule has 0 aromatic rings. The number of hydrogen-bond acceptors (Lipinski definition) is 18. The zero-order chi connectivity index (χ0) is 60.5. The van der Waals surface area contributed by atoms with Gasteiger partial charge >= 0.3 is 0 Å². The number of amides is 1. The Morgan fingerprint density at radius 3 is 1.05 bits per heavy atom. The summed E-state index contributed by atoms with van der Waals surface area (Å²) in [6, 6.07) is -0.881. The number of ether oxygens (including phenoxy) is 6. The van der Waals surface area contributed by atoms with Crippen LogP contribution in [0.2, 0.25) is 0 Å². The van der Waals surface area contributed by atoms with Crippen LogP contribution < -0.4 is 5.32 Å². The van der Waals surface area contributed by atoms with Crippen LogP contribution in [-0.2, 0) is 33.2 Å². The topological polar surface area (TPSA) is 307 Å². The summed E-state index contributed by atoms with van der Waals surface area (Å²) in [5.74, 6) is -0.236. The third-order valence-electron chi connectivity index (χ3n) is 17.4. The van der Waals surface area contributed by atoms with E-state index in [1.807, 2.05) is 0 Å². The molecule has 19 nitrogen and oxygen atoms in total. The van der Waals surface area contributed by atoms with E-state index in [9.17, 15) is 61.0 Å². The lowest BCUT2D eigenvalue weighted by atomic mass is 9.96. The molecule has 3 heterocycles. The first-order chi connectivity index (χ1) is 40.3. The highest BCUT2D eigenvalue weighted by molar-refractivity contribution is 5.76. The van der Waals surface area contributed by atoms with E-state index in [0.717, 1.165) is 44.9 Å². The third kappa shape index (κ3) is 30.7. The van der Waals surface area contributed by atoms with Crippen molar-refractivity contribution in [3.05, 3.63) is 0 Å². The van der Waals surface area contributed by atoms with Crippen LogP contribution in [0.5, 0.6) is 0 Å². The number of unbranched alkanes of at least 4 members (excludes halogenated alkanes) is 36. The molecule has 3 aliphatic heterocycles. The van der Waals surface area contributed by atoms with E-state index in [2.05, 4.69) is 19.2 Å². The number of nitrogens with one attached hydrogen (secondary N) is 1. The van der Waals surface area contributed by atoms with E-state index in [1.54, 1.807) is 0 Å². The van der Waals surface area contributed by atoms with Crippen LogP contribution in [0.3, 0.4) is 0 Å². The maximum atomic E-state index is 13.4. The summed E-state index contributed by atoms with van der Waals surface area (Å²) in [7, 11) is 0. The summed E-state index contributed by atoms with van der Waals surface area (Å²) < 4.78 is 34.4. The van der Waals surface area contributed by atoms with Crippen LogP contribution in [0.4, 0.5) is 0 Å². The summed E-state index contributed by atoms with van der Waals surface area (Å²) in [5.41, 5.74) is 0. The van der Waals surface area contributed by atoms with Crippen molar-refractivity contribution in [3.8, 4) is 0 Å². The Labute approximate surface area is 500 Å². The molecule has 17 atom stereocenters. The Kier molecular flexibility index (Phi) is 43.7. The van der Waals surface area contributed by atoms with Crippen molar-refractivity contribution in [1.29, 1.82) is 0 Å². The molecule has 0 bridgehead atoms. The first kappa shape index (κ1) is 76.0. The van der Waals surface area contributed by atoms with Crippen molar-refractivity contribution >= 4 is 5.91 Å². The first-order valence-electron chi connectivity index (χ1n) is 33.8. The largest absolute Gasteiger partial charge is 0.394 e. The zero-order valence-electron chi connectivity index (χ0n) is 51.7. The molecule has 492 valence electrons. The second kappa shape index (κ2) is 47.7. The molecule has 0 radical (unpaired) electrons. The van der Waals surface area contributed by atoms with Gasteiger partial charge in [0.15, 0.2) is 18.9 Å². The molecule has 3 aliphatic rings. The van der Waals surface area contributed by atoms with Gasteiger partial charge in [-0.2, -0.15) is 0 Å². The van der Waals surface area contributed by atoms with E-state index in [1.165, 1.54) is 193 Å². The van der Waals surface area contributed by atoms with E-state index in [4.69, 9.17) is 28.4 Å².